The molecule has 3 aliphatic rings. The van der Waals surface area contributed by atoms with E-state index in [1.165, 1.54) is 5.56 Å². The highest BCUT2D eigenvalue weighted by molar-refractivity contribution is 5.85. The molecule has 2 aromatic heterocycles. The smallest absolute Gasteiger partial charge is 0.228 e. The zero-order valence-electron chi connectivity index (χ0n) is 16.5. The van der Waals surface area contributed by atoms with Crippen molar-refractivity contribution in [3.8, 4) is 11.3 Å². The number of fused-ring (bicyclic) bond motifs is 1. The summed E-state index contributed by atoms with van der Waals surface area (Å²) >= 11 is 0. The number of nitrogens with zero attached hydrogens (tertiary/aromatic N) is 6. The van der Waals surface area contributed by atoms with E-state index in [0.717, 1.165) is 55.4 Å². The molecule has 4 heterocycles. The first kappa shape index (κ1) is 20.1. The minimum atomic E-state index is 0. The van der Waals surface area contributed by atoms with E-state index in [2.05, 4.69) is 26.7 Å². The number of aromatic nitrogens is 4. The highest BCUT2D eigenvalue weighted by atomic mass is 35.5. The van der Waals surface area contributed by atoms with Crippen molar-refractivity contribution in [2.45, 2.75) is 44.3 Å². The molecule has 2 fully saturated rings. The molecule has 29 heavy (non-hydrogen) atoms. The van der Waals surface area contributed by atoms with Crippen LogP contribution in [-0.4, -0.2) is 64.4 Å². The van der Waals surface area contributed by atoms with E-state index in [1.807, 2.05) is 0 Å². The fraction of sp³-hybridized carbons (Fsp3) is 0.579. The second-order valence-electron chi connectivity index (χ2n) is 7.95. The highest BCUT2D eigenvalue weighted by Crippen LogP contribution is 2.39. The van der Waals surface area contributed by atoms with Gasteiger partial charge in [-0.25, -0.2) is 15.0 Å². The zero-order valence-corrected chi connectivity index (χ0v) is 17.3. The van der Waals surface area contributed by atoms with Gasteiger partial charge in [0.2, 0.25) is 11.9 Å². The van der Waals surface area contributed by atoms with Crippen molar-refractivity contribution in [1.29, 1.82) is 0 Å². The minimum Gasteiger partial charge on any atom is -0.377 e. The fourth-order valence-electron chi connectivity index (χ4n) is 4.36. The standard InChI is InChI=1S/C19H26N8O.ClH/c1-11-10-28-5-4-26(11)19-24-16(12-8-22-18(21)23-9-12)15-2-3-27(17(15)25-19)14-6-13(20)7-14;/h8-9,11,13-14H,2-7,10,20H2,1H3,(H2,21,22,23);1H/t11-,13-,14+;/m0./s1. The van der Waals surface area contributed by atoms with Gasteiger partial charge in [0.15, 0.2) is 0 Å². The molecule has 4 N–H and O–H groups in total. The van der Waals surface area contributed by atoms with Crippen LogP contribution in [0, 0.1) is 0 Å². The molecule has 0 aromatic carbocycles. The van der Waals surface area contributed by atoms with Crippen molar-refractivity contribution in [2.24, 2.45) is 5.73 Å². The maximum absolute atomic E-state index is 6.05. The predicted molar refractivity (Wildman–Crippen MR) is 114 cm³/mol. The molecule has 0 radical (unpaired) electrons. The third-order valence-electron chi connectivity index (χ3n) is 6.01. The molecule has 5 rings (SSSR count). The second kappa shape index (κ2) is 7.89. The SMILES string of the molecule is C[C@H]1COCCN1c1nc(-c2cnc(N)nc2)c2c(n1)N([C@H]1C[C@@H](N)C1)CC2.Cl. The van der Waals surface area contributed by atoms with Gasteiger partial charge in [0.1, 0.15) is 5.82 Å². The molecule has 156 valence electrons. The third kappa shape index (κ3) is 3.58. The third-order valence-corrected chi connectivity index (χ3v) is 6.01. The first-order valence-electron chi connectivity index (χ1n) is 9.95. The Morgan fingerprint density at radius 1 is 1.10 bits per heavy atom. The molecule has 1 aliphatic carbocycles. The summed E-state index contributed by atoms with van der Waals surface area (Å²) in [7, 11) is 0. The predicted octanol–water partition coefficient (Wildman–Crippen LogP) is 1.01. The van der Waals surface area contributed by atoms with Crippen LogP contribution in [0.3, 0.4) is 0 Å². The van der Waals surface area contributed by atoms with Crippen LogP contribution in [-0.2, 0) is 11.2 Å². The lowest BCUT2D eigenvalue weighted by Gasteiger charge is -2.40. The molecule has 10 heteroatoms. The summed E-state index contributed by atoms with van der Waals surface area (Å²) in [6.07, 6.45) is 6.46. The first-order valence-corrected chi connectivity index (χ1v) is 9.95. The van der Waals surface area contributed by atoms with Gasteiger partial charge in [0, 0.05) is 48.7 Å². The summed E-state index contributed by atoms with van der Waals surface area (Å²) in [6.45, 7) is 5.25. The average molecular weight is 419 g/mol. The number of ether oxygens (including phenoxy) is 1. The number of hydrogen-bond acceptors (Lipinski definition) is 9. The monoisotopic (exact) mass is 418 g/mol. The Morgan fingerprint density at radius 3 is 2.55 bits per heavy atom. The number of anilines is 3. The molecule has 1 atom stereocenters. The summed E-state index contributed by atoms with van der Waals surface area (Å²) in [4.78, 5) is 23.0. The van der Waals surface area contributed by atoms with E-state index in [9.17, 15) is 0 Å². The lowest BCUT2D eigenvalue weighted by Crippen LogP contribution is -2.50. The van der Waals surface area contributed by atoms with Crippen LogP contribution < -0.4 is 21.3 Å². The van der Waals surface area contributed by atoms with Crippen molar-refractivity contribution in [2.75, 3.05) is 41.8 Å². The van der Waals surface area contributed by atoms with Crippen molar-refractivity contribution < 1.29 is 4.74 Å². The summed E-state index contributed by atoms with van der Waals surface area (Å²) < 4.78 is 5.60. The molecule has 1 saturated carbocycles. The van der Waals surface area contributed by atoms with E-state index in [-0.39, 0.29) is 24.4 Å². The largest absolute Gasteiger partial charge is 0.377 e. The Labute approximate surface area is 176 Å². The van der Waals surface area contributed by atoms with Gasteiger partial charge in [-0.05, 0) is 26.2 Å². The number of rotatable bonds is 3. The Kier molecular flexibility index (Phi) is 5.46. The van der Waals surface area contributed by atoms with Crippen LogP contribution in [0.4, 0.5) is 17.7 Å². The molecule has 2 aliphatic heterocycles. The lowest BCUT2D eigenvalue weighted by molar-refractivity contribution is 0.0981. The number of halogens is 1. The Balaban J connectivity index is 0.00000205. The Morgan fingerprint density at radius 2 is 1.86 bits per heavy atom. The van der Waals surface area contributed by atoms with Crippen LogP contribution in [0.1, 0.15) is 25.3 Å². The number of nitrogen functional groups attached to an aromatic ring is 1. The minimum absolute atomic E-state index is 0. The van der Waals surface area contributed by atoms with Gasteiger partial charge in [-0.1, -0.05) is 0 Å². The fourth-order valence-corrected chi connectivity index (χ4v) is 4.36. The van der Waals surface area contributed by atoms with Gasteiger partial charge in [-0.15, -0.1) is 12.4 Å². The molecular weight excluding hydrogens is 392 g/mol. The molecule has 0 spiro atoms. The van der Waals surface area contributed by atoms with Gasteiger partial charge < -0.3 is 26.0 Å². The second-order valence-corrected chi connectivity index (χ2v) is 7.95. The van der Waals surface area contributed by atoms with Gasteiger partial charge in [0.25, 0.3) is 0 Å². The molecule has 0 amide bonds. The first-order chi connectivity index (χ1) is 13.6. The summed E-state index contributed by atoms with van der Waals surface area (Å²) in [6, 6.07) is 1.01. The van der Waals surface area contributed by atoms with E-state index in [1.54, 1.807) is 12.4 Å². The average Bonchev–Trinajstić information content (AvgIpc) is 3.09. The normalized spacial score (nSPS) is 25.9. The molecule has 9 nitrogen and oxygen atoms in total. The summed E-state index contributed by atoms with van der Waals surface area (Å²) in [5, 5.41) is 0. The number of nitrogens with two attached hydrogens (primary N) is 2. The quantitative estimate of drug-likeness (QED) is 0.752. The van der Waals surface area contributed by atoms with Gasteiger partial charge in [-0.2, -0.15) is 4.98 Å². The van der Waals surface area contributed by atoms with Crippen molar-refractivity contribution in [1.82, 2.24) is 19.9 Å². The van der Waals surface area contributed by atoms with E-state index >= 15 is 0 Å². The number of morpholine rings is 1. The highest BCUT2D eigenvalue weighted by Gasteiger charge is 2.38. The van der Waals surface area contributed by atoms with Crippen LogP contribution in [0.5, 0.6) is 0 Å². The van der Waals surface area contributed by atoms with Crippen molar-refractivity contribution in [3.63, 3.8) is 0 Å². The van der Waals surface area contributed by atoms with E-state index in [4.69, 9.17) is 26.2 Å². The maximum Gasteiger partial charge on any atom is 0.228 e. The summed E-state index contributed by atoms with van der Waals surface area (Å²) in [5.41, 5.74) is 14.7. The van der Waals surface area contributed by atoms with E-state index < -0.39 is 0 Å². The lowest BCUT2D eigenvalue weighted by atomic mass is 9.86. The van der Waals surface area contributed by atoms with Crippen molar-refractivity contribution >= 4 is 30.1 Å². The van der Waals surface area contributed by atoms with E-state index in [0.29, 0.717) is 25.3 Å². The van der Waals surface area contributed by atoms with Crippen LogP contribution in [0.2, 0.25) is 0 Å². The van der Waals surface area contributed by atoms with Crippen molar-refractivity contribution in [3.05, 3.63) is 18.0 Å². The molecule has 2 aromatic rings. The Hall–Kier alpha value is -2.23. The molecule has 1 saturated heterocycles. The number of hydrogen-bond donors (Lipinski definition) is 2. The van der Waals surface area contributed by atoms with Gasteiger partial charge >= 0.3 is 0 Å². The van der Waals surface area contributed by atoms with Crippen LogP contribution in [0.25, 0.3) is 11.3 Å². The maximum atomic E-state index is 6.05. The Bertz CT molecular complexity index is 873. The topological polar surface area (TPSA) is 119 Å². The molecule has 0 bridgehead atoms. The zero-order chi connectivity index (χ0) is 19.3. The van der Waals surface area contributed by atoms with Gasteiger partial charge in [0.05, 0.1) is 24.9 Å². The van der Waals surface area contributed by atoms with Crippen LogP contribution >= 0.6 is 12.4 Å². The van der Waals surface area contributed by atoms with Crippen LogP contribution in [0.15, 0.2) is 12.4 Å². The summed E-state index contributed by atoms with van der Waals surface area (Å²) in [5.74, 6) is 2.05. The molecule has 0 unspecified atom stereocenters. The van der Waals surface area contributed by atoms with Gasteiger partial charge in [-0.3, -0.25) is 0 Å². The molecular formula is C19H27ClN8O.